The molecule has 0 aliphatic rings. The van der Waals surface area contributed by atoms with Crippen LogP contribution in [0.5, 0.6) is 0 Å². The van der Waals surface area contributed by atoms with Gasteiger partial charge < -0.3 is 4.74 Å². The zero-order valence-corrected chi connectivity index (χ0v) is 10.9. The summed E-state index contributed by atoms with van der Waals surface area (Å²) in [6, 6.07) is 0.432. The van der Waals surface area contributed by atoms with Crippen LogP contribution in [0.3, 0.4) is 0 Å². The number of hydrogen-bond acceptors (Lipinski definition) is 3. The molecule has 0 heterocycles. The van der Waals surface area contributed by atoms with Gasteiger partial charge in [0.1, 0.15) is 0 Å². The molecule has 0 fully saturated rings. The zero-order valence-electron chi connectivity index (χ0n) is 10.9. The van der Waals surface area contributed by atoms with Crippen LogP contribution in [-0.2, 0) is 4.74 Å². The summed E-state index contributed by atoms with van der Waals surface area (Å²) in [6.07, 6.45) is 10.5. The highest BCUT2D eigenvalue weighted by Gasteiger charge is 2.08. The molecule has 0 amide bonds. The van der Waals surface area contributed by atoms with Gasteiger partial charge >= 0.3 is 0 Å². The third-order valence-electron chi connectivity index (χ3n) is 3.02. The molecular formula is C13H28N2O. The van der Waals surface area contributed by atoms with Gasteiger partial charge in [0.05, 0.1) is 6.10 Å². The minimum absolute atomic E-state index is 0.330. The van der Waals surface area contributed by atoms with Crippen molar-refractivity contribution in [1.82, 2.24) is 5.43 Å². The largest absolute Gasteiger partial charge is 0.382 e. The number of methoxy groups -OCH3 is 1. The Morgan fingerprint density at radius 2 is 2.00 bits per heavy atom. The molecule has 0 rings (SSSR count). The topological polar surface area (TPSA) is 47.3 Å². The number of hydrazine groups is 1. The number of allylic oxidation sites excluding steroid dienone is 1. The Kier molecular flexibility index (Phi) is 10.9. The highest BCUT2D eigenvalue weighted by atomic mass is 16.5. The molecule has 0 bridgehead atoms. The third-order valence-corrected chi connectivity index (χ3v) is 3.02. The maximum atomic E-state index is 5.53. The van der Waals surface area contributed by atoms with Crippen molar-refractivity contribution in [3.8, 4) is 0 Å². The number of nitrogens with two attached hydrogens (primary N) is 1. The monoisotopic (exact) mass is 228 g/mol. The first-order valence-electron chi connectivity index (χ1n) is 6.34. The Morgan fingerprint density at radius 1 is 1.25 bits per heavy atom. The summed E-state index contributed by atoms with van der Waals surface area (Å²) in [5.41, 5.74) is 2.90. The quantitative estimate of drug-likeness (QED) is 0.247. The maximum absolute atomic E-state index is 5.53. The Morgan fingerprint density at radius 3 is 2.56 bits per heavy atom. The Labute approximate surface area is 100 Å². The minimum atomic E-state index is 0.330. The van der Waals surface area contributed by atoms with Crippen molar-refractivity contribution in [1.29, 1.82) is 0 Å². The van der Waals surface area contributed by atoms with Crippen molar-refractivity contribution >= 4 is 0 Å². The summed E-state index contributed by atoms with van der Waals surface area (Å²) >= 11 is 0. The van der Waals surface area contributed by atoms with Crippen molar-refractivity contribution in [3.05, 3.63) is 12.7 Å². The van der Waals surface area contributed by atoms with Crippen LogP contribution in [-0.4, -0.2) is 19.3 Å². The number of hydrogen-bond donors (Lipinski definition) is 2. The summed E-state index contributed by atoms with van der Waals surface area (Å²) in [5.74, 6) is 5.53. The van der Waals surface area contributed by atoms with Gasteiger partial charge in [-0.05, 0) is 39.0 Å². The molecule has 3 heteroatoms. The number of rotatable bonds is 11. The van der Waals surface area contributed by atoms with E-state index in [-0.39, 0.29) is 0 Å². The first kappa shape index (κ1) is 15.6. The van der Waals surface area contributed by atoms with Crippen molar-refractivity contribution in [2.45, 2.75) is 64.0 Å². The average molecular weight is 228 g/mol. The van der Waals surface area contributed by atoms with Gasteiger partial charge in [-0.25, -0.2) is 0 Å². The fourth-order valence-corrected chi connectivity index (χ4v) is 1.72. The van der Waals surface area contributed by atoms with Gasteiger partial charge in [0, 0.05) is 13.2 Å². The van der Waals surface area contributed by atoms with Gasteiger partial charge in [0.15, 0.2) is 0 Å². The molecule has 2 atom stereocenters. The van der Waals surface area contributed by atoms with Gasteiger partial charge in [-0.3, -0.25) is 11.3 Å². The zero-order chi connectivity index (χ0) is 12.2. The van der Waals surface area contributed by atoms with Crippen LogP contribution in [0.2, 0.25) is 0 Å². The highest BCUT2D eigenvalue weighted by Crippen LogP contribution is 2.11. The van der Waals surface area contributed by atoms with E-state index in [1.165, 1.54) is 19.3 Å². The molecule has 3 nitrogen and oxygen atoms in total. The number of unbranched alkanes of at least 4 members (excludes halogenated alkanes) is 3. The van der Waals surface area contributed by atoms with Crippen LogP contribution in [0.25, 0.3) is 0 Å². The van der Waals surface area contributed by atoms with Crippen LogP contribution < -0.4 is 11.3 Å². The van der Waals surface area contributed by atoms with Gasteiger partial charge in [0.2, 0.25) is 0 Å². The second-order valence-corrected chi connectivity index (χ2v) is 4.41. The van der Waals surface area contributed by atoms with Crippen LogP contribution in [0.15, 0.2) is 12.7 Å². The van der Waals surface area contributed by atoms with Crippen LogP contribution in [0.4, 0.5) is 0 Å². The predicted octanol–water partition coefficient (Wildman–Crippen LogP) is 2.77. The lowest BCUT2D eigenvalue weighted by Crippen LogP contribution is -2.35. The molecule has 3 N–H and O–H groups in total. The summed E-state index contributed by atoms with van der Waals surface area (Å²) in [6.45, 7) is 5.82. The van der Waals surface area contributed by atoms with Crippen LogP contribution >= 0.6 is 0 Å². The van der Waals surface area contributed by atoms with E-state index in [9.17, 15) is 0 Å². The average Bonchev–Trinajstić information content (AvgIpc) is 2.32. The van der Waals surface area contributed by atoms with Gasteiger partial charge in [-0.1, -0.05) is 18.9 Å². The van der Waals surface area contributed by atoms with E-state index in [4.69, 9.17) is 10.6 Å². The van der Waals surface area contributed by atoms with Crippen molar-refractivity contribution in [3.63, 3.8) is 0 Å². The van der Waals surface area contributed by atoms with Crippen molar-refractivity contribution < 1.29 is 4.74 Å². The molecule has 0 saturated heterocycles. The first-order chi connectivity index (χ1) is 7.74. The first-order valence-corrected chi connectivity index (χ1v) is 6.34. The maximum Gasteiger partial charge on any atom is 0.0543 e. The van der Waals surface area contributed by atoms with Gasteiger partial charge in [-0.2, -0.15) is 0 Å². The molecule has 0 saturated carbocycles. The van der Waals surface area contributed by atoms with Gasteiger partial charge in [-0.15, -0.1) is 6.58 Å². The van der Waals surface area contributed by atoms with E-state index in [1.54, 1.807) is 7.11 Å². The van der Waals surface area contributed by atoms with Crippen LogP contribution in [0, 0.1) is 0 Å². The second kappa shape index (κ2) is 11.1. The van der Waals surface area contributed by atoms with E-state index in [1.807, 2.05) is 6.08 Å². The lowest BCUT2D eigenvalue weighted by Gasteiger charge is -2.17. The van der Waals surface area contributed by atoms with E-state index in [0.717, 1.165) is 25.7 Å². The molecule has 0 aromatic rings. The number of ether oxygens (including phenoxy) is 1. The summed E-state index contributed by atoms with van der Waals surface area (Å²) < 4.78 is 5.22. The molecule has 2 unspecified atom stereocenters. The lowest BCUT2D eigenvalue weighted by molar-refractivity contribution is 0.105. The number of nitrogens with one attached hydrogen (secondary N) is 1. The molecule has 96 valence electrons. The van der Waals surface area contributed by atoms with Crippen molar-refractivity contribution in [2.24, 2.45) is 5.84 Å². The molecule has 16 heavy (non-hydrogen) atoms. The molecule has 0 aromatic carbocycles. The normalized spacial score (nSPS) is 14.7. The fraction of sp³-hybridized carbons (Fsp3) is 0.846. The predicted molar refractivity (Wildman–Crippen MR) is 70.1 cm³/mol. The SMILES string of the molecule is C=CCCCCCC(CCC(C)OC)NN. The summed E-state index contributed by atoms with van der Waals surface area (Å²) in [5, 5.41) is 0. The standard InChI is InChI=1S/C13H28N2O/c1-4-5-6-7-8-9-13(15-14)11-10-12(2)16-3/h4,12-13,15H,1,5-11,14H2,2-3H3. The summed E-state index contributed by atoms with van der Waals surface area (Å²) in [4.78, 5) is 0. The van der Waals surface area contributed by atoms with E-state index in [0.29, 0.717) is 12.1 Å². The van der Waals surface area contributed by atoms with E-state index in [2.05, 4.69) is 18.9 Å². The third kappa shape index (κ3) is 8.89. The molecule has 0 spiro atoms. The summed E-state index contributed by atoms with van der Waals surface area (Å²) in [7, 11) is 1.75. The smallest absolute Gasteiger partial charge is 0.0543 e. The molecule has 0 aromatic heterocycles. The van der Waals surface area contributed by atoms with Gasteiger partial charge in [0.25, 0.3) is 0 Å². The molecule has 0 aliphatic heterocycles. The minimum Gasteiger partial charge on any atom is -0.382 e. The Bertz CT molecular complexity index is 162. The Balaban J connectivity index is 3.47. The van der Waals surface area contributed by atoms with E-state index >= 15 is 0 Å². The highest BCUT2D eigenvalue weighted by molar-refractivity contribution is 4.68. The van der Waals surface area contributed by atoms with Crippen LogP contribution in [0.1, 0.15) is 51.9 Å². The molecular weight excluding hydrogens is 200 g/mol. The second-order valence-electron chi connectivity index (χ2n) is 4.41. The van der Waals surface area contributed by atoms with E-state index < -0.39 is 0 Å². The molecule has 0 aliphatic carbocycles. The Hall–Kier alpha value is -0.380. The lowest BCUT2D eigenvalue weighted by atomic mass is 10.0. The van der Waals surface area contributed by atoms with Crippen molar-refractivity contribution in [2.75, 3.05) is 7.11 Å². The fourth-order valence-electron chi connectivity index (χ4n) is 1.72. The molecule has 0 radical (unpaired) electrons.